The summed E-state index contributed by atoms with van der Waals surface area (Å²) in [5.74, 6) is 1.69. The van der Waals surface area contributed by atoms with Crippen molar-refractivity contribution in [2.75, 3.05) is 13.2 Å². The normalized spacial score (nSPS) is 31.9. The molecular weight excluding hydrogens is 200 g/mol. The minimum Gasteiger partial charge on any atom is -0.476 e. The summed E-state index contributed by atoms with van der Waals surface area (Å²) in [6, 6.07) is 3.99. The third-order valence-electron chi connectivity index (χ3n) is 3.79. The summed E-state index contributed by atoms with van der Waals surface area (Å²) in [4.78, 5) is 4.26. The van der Waals surface area contributed by atoms with E-state index in [0.717, 1.165) is 24.9 Å². The van der Waals surface area contributed by atoms with E-state index in [9.17, 15) is 0 Å². The van der Waals surface area contributed by atoms with Crippen LogP contribution in [-0.4, -0.2) is 23.7 Å². The molecule has 86 valence electrons. The molecule has 0 spiro atoms. The van der Waals surface area contributed by atoms with Crippen LogP contribution < -0.4 is 10.1 Å². The van der Waals surface area contributed by atoms with E-state index in [2.05, 4.69) is 10.3 Å². The van der Waals surface area contributed by atoms with E-state index in [-0.39, 0.29) is 5.54 Å². The lowest BCUT2D eigenvalue weighted by Gasteiger charge is -2.52. The molecule has 16 heavy (non-hydrogen) atoms. The van der Waals surface area contributed by atoms with E-state index in [1.807, 2.05) is 25.3 Å². The molecule has 0 atom stereocenters. The average molecular weight is 218 g/mol. The van der Waals surface area contributed by atoms with Gasteiger partial charge in [0.15, 0.2) is 0 Å². The van der Waals surface area contributed by atoms with Crippen LogP contribution in [0.25, 0.3) is 0 Å². The summed E-state index contributed by atoms with van der Waals surface area (Å²) in [7, 11) is 0. The first-order valence-electron chi connectivity index (χ1n) is 6.06. The van der Waals surface area contributed by atoms with Crippen LogP contribution in [0, 0.1) is 12.8 Å². The fourth-order valence-corrected chi connectivity index (χ4v) is 2.86. The predicted molar refractivity (Wildman–Crippen MR) is 62.5 cm³/mol. The number of aryl methyl sites for hydroxylation is 1. The molecule has 1 N–H and O–H groups in total. The van der Waals surface area contributed by atoms with Gasteiger partial charge in [0.05, 0.1) is 5.54 Å². The van der Waals surface area contributed by atoms with Gasteiger partial charge in [-0.15, -0.1) is 0 Å². The SMILES string of the molecule is Cc1ccc(OCC23CC(CCN2)C3)nc1. The number of pyridine rings is 1. The van der Waals surface area contributed by atoms with E-state index in [1.165, 1.54) is 24.8 Å². The Morgan fingerprint density at radius 2 is 2.38 bits per heavy atom. The highest BCUT2D eigenvalue weighted by molar-refractivity contribution is 5.17. The average Bonchev–Trinajstić information content (AvgIpc) is 2.28. The molecular formula is C13H18N2O. The van der Waals surface area contributed by atoms with Gasteiger partial charge in [-0.3, -0.25) is 0 Å². The lowest BCUT2D eigenvalue weighted by atomic mass is 9.64. The van der Waals surface area contributed by atoms with E-state index >= 15 is 0 Å². The highest BCUT2D eigenvalue weighted by Gasteiger charge is 2.47. The Kier molecular flexibility index (Phi) is 2.36. The van der Waals surface area contributed by atoms with Crippen molar-refractivity contribution in [3.63, 3.8) is 0 Å². The molecule has 1 aromatic rings. The van der Waals surface area contributed by atoms with E-state index < -0.39 is 0 Å². The van der Waals surface area contributed by atoms with Gasteiger partial charge in [0.1, 0.15) is 6.61 Å². The minimum atomic E-state index is 0.259. The lowest BCUT2D eigenvalue weighted by molar-refractivity contribution is 0.0111. The molecule has 0 radical (unpaired) electrons. The maximum Gasteiger partial charge on any atom is 0.213 e. The lowest BCUT2D eigenvalue weighted by Crippen LogP contribution is -2.63. The second kappa shape index (κ2) is 3.74. The minimum absolute atomic E-state index is 0.259. The molecule has 2 saturated heterocycles. The molecule has 1 aromatic heterocycles. The van der Waals surface area contributed by atoms with Crippen molar-refractivity contribution in [1.82, 2.24) is 10.3 Å². The van der Waals surface area contributed by atoms with Crippen molar-refractivity contribution < 1.29 is 4.74 Å². The standard InChI is InChI=1S/C13H18N2O/c1-10-2-3-12(14-8-10)16-9-13-6-11(7-13)4-5-15-13/h2-3,8,11,15H,4-7,9H2,1H3. The van der Waals surface area contributed by atoms with Crippen LogP contribution in [0.1, 0.15) is 24.8 Å². The van der Waals surface area contributed by atoms with Gasteiger partial charge in [-0.1, -0.05) is 6.07 Å². The molecule has 3 nitrogen and oxygen atoms in total. The van der Waals surface area contributed by atoms with Crippen LogP contribution in [0.3, 0.4) is 0 Å². The van der Waals surface area contributed by atoms with Crippen LogP contribution in [0.2, 0.25) is 0 Å². The first-order chi connectivity index (χ1) is 7.76. The molecule has 0 unspecified atom stereocenters. The number of nitrogens with one attached hydrogen (secondary N) is 1. The van der Waals surface area contributed by atoms with Gasteiger partial charge in [0.2, 0.25) is 5.88 Å². The predicted octanol–water partition coefficient (Wildman–Crippen LogP) is 1.91. The van der Waals surface area contributed by atoms with Crippen LogP contribution >= 0.6 is 0 Å². The van der Waals surface area contributed by atoms with Crippen LogP contribution in [0.15, 0.2) is 18.3 Å². The molecule has 3 heteroatoms. The highest BCUT2D eigenvalue weighted by atomic mass is 16.5. The Balaban J connectivity index is 1.58. The Bertz CT molecular complexity index is 363. The summed E-state index contributed by atoms with van der Waals surface area (Å²) in [6.45, 7) is 3.95. The Morgan fingerprint density at radius 3 is 3.00 bits per heavy atom. The monoisotopic (exact) mass is 218 g/mol. The molecule has 1 saturated carbocycles. The van der Waals surface area contributed by atoms with Crippen LogP contribution in [0.4, 0.5) is 0 Å². The fraction of sp³-hybridized carbons (Fsp3) is 0.615. The van der Waals surface area contributed by atoms with Crippen molar-refractivity contribution in [2.24, 2.45) is 5.92 Å². The second-order valence-electron chi connectivity index (χ2n) is 5.23. The second-order valence-corrected chi connectivity index (χ2v) is 5.23. The third-order valence-corrected chi connectivity index (χ3v) is 3.79. The Morgan fingerprint density at radius 1 is 1.50 bits per heavy atom. The molecule has 4 rings (SSSR count). The molecule has 0 amide bonds. The molecule has 2 aliphatic heterocycles. The number of rotatable bonds is 3. The van der Waals surface area contributed by atoms with Gasteiger partial charge in [0, 0.05) is 12.3 Å². The van der Waals surface area contributed by atoms with Crippen LogP contribution in [-0.2, 0) is 0 Å². The Labute approximate surface area is 96.2 Å². The van der Waals surface area contributed by atoms with Crippen molar-refractivity contribution in [3.8, 4) is 5.88 Å². The molecule has 2 bridgehead atoms. The van der Waals surface area contributed by atoms with Gasteiger partial charge < -0.3 is 10.1 Å². The zero-order valence-electron chi connectivity index (χ0n) is 9.70. The molecule has 3 aliphatic rings. The number of fused-ring (bicyclic) bond motifs is 2. The number of aromatic nitrogens is 1. The quantitative estimate of drug-likeness (QED) is 0.841. The largest absolute Gasteiger partial charge is 0.476 e. The maximum atomic E-state index is 5.77. The summed E-state index contributed by atoms with van der Waals surface area (Å²) in [6.07, 6.45) is 5.74. The zero-order chi connectivity index (χ0) is 11.0. The van der Waals surface area contributed by atoms with Gasteiger partial charge in [-0.2, -0.15) is 0 Å². The number of ether oxygens (including phenoxy) is 1. The van der Waals surface area contributed by atoms with Gasteiger partial charge in [0.25, 0.3) is 0 Å². The third kappa shape index (κ3) is 1.80. The van der Waals surface area contributed by atoms with Crippen molar-refractivity contribution in [2.45, 2.75) is 31.7 Å². The fourth-order valence-electron chi connectivity index (χ4n) is 2.86. The molecule has 1 aliphatic carbocycles. The van der Waals surface area contributed by atoms with Crippen LogP contribution in [0.5, 0.6) is 5.88 Å². The van der Waals surface area contributed by atoms with E-state index in [1.54, 1.807) is 0 Å². The topological polar surface area (TPSA) is 34.1 Å². The van der Waals surface area contributed by atoms with Crippen molar-refractivity contribution >= 4 is 0 Å². The Hall–Kier alpha value is -1.09. The van der Waals surface area contributed by atoms with E-state index in [0.29, 0.717) is 0 Å². The summed E-state index contributed by atoms with van der Waals surface area (Å²) >= 11 is 0. The van der Waals surface area contributed by atoms with Crippen molar-refractivity contribution in [1.29, 1.82) is 0 Å². The smallest absolute Gasteiger partial charge is 0.213 e. The van der Waals surface area contributed by atoms with E-state index in [4.69, 9.17) is 4.74 Å². The molecule has 3 fully saturated rings. The van der Waals surface area contributed by atoms with Crippen molar-refractivity contribution in [3.05, 3.63) is 23.9 Å². The first-order valence-corrected chi connectivity index (χ1v) is 6.06. The van der Waals surface area contributed by atoms with Gasteiger partial charge >= 0.3 is 0 Å². The molecule has 3 heterocycles. The number of nitrogens with zero attached hydrogens (tertiary/aromatic N) is 1. The summed E-state index contributed by atoms with van der Waals surface area (Å²) < 4.78 is 5.77. The van der Waals surface area contributed by atoms with Gasteiger partial charge in [-0.05, 0) is 44.2 Å². The number of hydrogen-bond acceptors (Lipinski definition) is 3. The first kappa shape index (κ1) is 10.1. The number of piperidine rings is 2. The maximum absolute atomic E-state index is 5.77. The summed E-state index contributed by atoms with van der Waals surface area (Å²) in [5.41, 5.74) is 1.43. The highest BCUT2D eigenvalue weighted by Crippen LogP contribution is 2.43. The zero-order valence-corrected chi connectivity index (χ0v) is 9.70. The number of hydrogen-bond donors (Lipinski definition) is 1. The molecule has 0 aromatic carbocycles. The summed E-state index contributed by atoms with van der Waals surface area (Å²) in [5, 5.41) is 3.59. The van der Waals surface area contributed by atoms with Gasteiger partial charge in [-0.25, -0.2) is 4.98 Å².